The summed E-state index contributed by atoms with van der Waals surface area (Å²) in [6.07, 6.45) is 12.6. The zero-order valence-electron chi connectivity index (χ0n) is 12.0. The quantitative estimate of drug-likeness (QED) is 0.844. The molecule has 20 heavy (non-hydrogen) atoms. The number of nitrogens with zero attached hydrogens (tertiary/aromatic N) is 3. The Morgan fingerprint density at radius 3 is 2.90 bits per heavy atom. The maximum atomic E-state index is 5.38. The van der Waals surface area contributed by atoms with Crippen molar-refractivity contribution in [1.29, 1.82) is 0 Å². The molecule has 1 aliphatic rings. The van der Waals surface area contributed by atoms with E-state index in [1.807, 2.05) is 19.2 Å². The van der Waals surface area contributed by atoms with Crippen LogP contribution >= 0.6 is 0 Å². The second-order valence-corrected chi connectivity index (χ2v) is 5.75. The van der Waals surface area contributed by atoms with Gasteiger partial charge < -0.3 is 4.52 Å². The summed E-state index contributed by atoms with van der Waals surface area (Å²) in [6.45, 7) is 2.01. The molecule has 0 N–H and O–H groups in total. The molecule has 0 aromatic carbocycles. The maximum Gasteiger partial charge on any atom is 0.258 e. The first kappa shape index (κ1) is 13.3. The van der Waals surface area contributed by atoms with Gasteiger partial charge in [-0.05, 0) is 30.9 Å². The molecule has 4 heteroatoms. The lowest BCUT2D eigenvalue weighted by Gasteiger charge is -2.20. The number of aromatic nitrogens is 3. The maximum absolute atomic E-state index is 5.38. The number of hydrogen-bond donors (Lipinski definition) is 0. The molecule has 0 aliphatic heterocycles. The summed E-state index contributed by atoms with van der Waals surface area (Å²) >= 11 is 0. The molecule has 1 saturated carbocycles. The van der Waals surface area contributed by atoms with Crippen LogP contribution in [0.3, 0.4) is 0 Å². The molecule has 2 aromatic rings. The van der Waals surface area contributed by atoms with Crippen LogP contribution in [0.2, 0.25) is 0 Å². The molecule has 0 atom stereocenters. The average Bonchev–Trinajstić information content (AvgIpc) is 2.95. The molecular formula is C16H21N3O. The smallest absolute Gasteiger partial charge is 0.258 e. The monoisotopic (exact) mass is 271 g/mol. The lowest BCUT2D eigenvalue weighted by atomic mass is 9.86. The van der Waals surface area contributed by atoms with Crippen LogP contribution < -0.4 is 0 Å². The van der Waals surface area contributed by atoms with Crippen LogP contribution in [-0.4, -0.2) is 15.1 Å². The predicted molar refractivity (Wildman–Crippen MR) is 77.2 cm³/mol. The molecule has 1 aliphatic carbocycles. The van der Waals surface area contributed by atoms with Gasteiger partial charge in [-0.1, -0.05) is 37.3 Å². The highest BCUT2D eigenvalue weighted by atomic mass is 16.5. The highest BCUT2D eigenvalue weighted by Gasteiger charge is 2.16. The van der Waals surface area contributed by atoms with Crippen LogP contribution in [-0.2, 0) is 6.42 Å². The Bertz CT molecular complexity index is 558. The highest BCUT2D eigenvalue weighted by molar-refractivity contribution is 5.56. The highest BCUT2D eigenvalue weighted by Crippen LogP contribution is 2.27. The standard InChI is InChI=1S/C16H21N3O/c1-12-11-17-10-9-14(12)16-18-15(19-20-16)8-7-13-5-3-2-4-6-13/h9-11,13H,2-8H2,1H3. The molecule has 1 fully saturated rings. The van der Waals surface area contributed by atoms with Gasteiger partial charge in [0.25, 0.3) is 5.89 Å². The van der Waals surface area contributed by atoms with E-state index in [1.165, 1.54) is 38.5 Å². The summed E-state index contributed by atoms with van der Waals surface area (Å²) in [7, 11) is 0. The van der Waals surface area contributed by atoms with Gasteiger partial charge in [0.2, 0.25) is 0 Å². The summed E-state index contributed by atoms with van der Waals surface area (Å²) < 4.78 is 5.38. The van der Waals surface area contributed by atoms with Gasteiger partial charge in [0, 0.05) is 24.4 Å². The third kappa shape index (κ3) is 3.06. The summed E-state index contributed by atoms with van der Waals surface area (Å²) in [5.74, 6) is 2.30. The Labute approximate surface area is 119 Å². The summed E-state index contributed by atoms with van der Waals surface area (Å²) in [5.41, 5.74) is 2.05. The minimum Gasteiger partial charge on any atom is -0.334 e. The van der Waals surface area contributed by atoms with E-state index in [0.29, 0.717) is 5.89 Å². The summed E-state index contributed by atoms with van der Waals surface area (Å²) in [5, 5.41) is 4.11. The van der Waals surface area contributed by atoms with Crippen LogP contribution in [0, 0.1) is 12.8 Å². The molecule has 2 aromatic heterocycles. The van der Waals surface area contributed by atoms with Crippen molar-refractivity contribution in [1.82, 2.24) is 15.1 Å². The third-order valence-corrected chi connectivity index (χ3v) is 4.22. The largest absolute Gasteiger partial charge is 0.334 e. The molecule has 3 rings (SSSR count). The van der Waals surface area contributed by atoms with Gasteiger partial charge in [0.05, 0.1) is 0 Å². The van der Waals surface area contributed by atoms with Crippen LogP contribution in [0.5, 0.6) is 0 Å². The van der Waals surface area contributed by atoms with E-state index in [1.54, 1.807) is 6.20 Å². The van der Waals surface area contributed by atoms with Crippen LogP contribution in [0.4, 0.5) is 0 Å². The lowest BCUT2D eigenvalue weighted by molar-refractivity contribution is 0.334. The van der Waals surface area contributed by atoms with E-state index >= 15 is 0 Å². The molecule has 0 saturated heterocycles. The van der Waals surface area contributed by atoms with E-state index < -0.39 is 0 Å². The van der Waals surface area contributed by atoms with Gasteiger partial charge in [-0.3, -0.25) is 4.98 Å². The van der Waals surface area contributed by atoms with E-state index in [-0.39, 0.29) is 0 Å². The van der Waals surface area contributed by atoms with Crippen LogP contribution in [0.15, 0.2) is 23.0 Å². The number of pyridine rings is 1. The lowest BCUT2D eigenvalue weighted by Crippen LogP contribution is -2.07. The van der Waals surface area contributed by atoms with Crippen molar-refractivity contribution in [3.05, 3.63) is 29.8 Å². The van der Waals surface area contributed by atoms with Crippen LogP contribution in [0.25, 0.3) is 11.5 Å². The molecule has 2 heterocycles. The Kier molecular flexibility index (Phi) is 4.09. The van der Waals surface area contributed by atoms with Crippen LogP contribution in [0.1, 0.15) is 49.9 Å². The van der Waals surface area contributed by atoms with E-state index in [0.717, 1.165) is 29.3 Å². The molecule has 0 bridgehead atoms. The Morgan fingerprint density at radius 2 is 2.10 bits per heavy atom. The molecule has 106 valence electrons. The fourth-order valence-electron chi connectivity index (χ4n) is 2.99. The Hall–Kier alpha value is -1.71. The van der Waals surface area contributed by atoms with Gasteiger partial charge in [0.15, 0.2) is 5.82 Å². The minimum absolute atomic E-state index is 0.614. The van der Waals surface area contributed by atoms with E-state index in [9.17, 15) is 0 Å². The van der Waals surface area contributed by atoms with Gasteiger partial charge >= 0.3 is 0 Å². The van der Waals surface area contributed by atoms with E-state index in [4.69, 9.17) is 4.52 Å². The third-order valence-electron chi connectivity index (χ3n) is 4.22. The Morgan fingerprint density at radius 1 is 1.25 bits per heavy atom. The van der Waals surface area contributed by atoms with Crippen molar-refractivity contribution in [3.63, 3.8) is 0 Å². The Balaban J connectivity index is 1.63. The topological polar surface area (TPSA) is 51.8 Å². The number of hydrogen-bond acceptors (Lipinski definition) is 4. The number of rotatable bonds is 4. The molecule has 0 spiro atoms. The normalized spacial score (nSPS) is 16.4. The second kappa shape index (κ2) is 6.16. The fourth-order valence-corrected chi connectivity index (χ4v) is 2.99. The van der Waals surface area contributed by atoms with Gasteiger partial charge in [-0.15, -0.1) is 0 Å². The summed E-state index contributed by atoms with van der Waals surface area (Å²) in [6, 6.07) is 1.92. The predicted octanol–water partition coefficient (Wildman–Crippen LogP) is 3.95. The van der Waals surface area contributed by atoms with Crippen molar-refractivity contribution in [2.75, 3.05) is 0 Å². The molecule has 0 radical (unpaired) electrons. The van der Waals surface area contributed by atoms with E-state index in [2.05, 4.69) is 15.1 Å². The second-order valence-electron chi connectivity index (χ2n) is 5.75. The first-order valence-corrected chi connectivity index (χ1v) is 7.56. The van der Waals surface area contributed by atoms with Gasteiger partial charge in [-0.25, -0.2) is 0 Å². The first-order valence-electron chi connectivity index (χ1n) is 7.56. The molecular weight excluding hydrogens is 250 g/mol. The van der Waals surface area contributed by atoms with Crippen molar-refractivity contribution < 1.29 is 4.52 Å². The average molecular weight is 271 g/mol. The van der Waals surface area contributed by atoms with Crippen molar-refractivity contribution in [3.8, 4) is 11.5 Å². The molecule has 0 amide bonds. The SMILES string of the molecule is Cc1cnccc1-c1nc(CCC2CCCCC2)no1. The summed E-state index contributed by atoms with van der Waals surface area (Å²) in [4.78, 5) is 8.61. The van der Waals surface area contributed by atoms with Gasteiger partial charge in [-0.2, -0.15) is 4.98 Å². The van der Waals surface area contributed by atoms with Crippen molar-refractivity contribution in [2.45, 2.75) is 51.9 Å². The minimum atomic E-state index is 0.614. The zero-order chi connectivity index (χ0) is 13.8. The fraction of sp³-hybridized carbons (Fsp3) is 0.562. The first-order chi connectivity index (χ1) is 9.83. The molecule has 0 unspecified atom stereocenters. The molecule has 4 nitrogen and oxygen atoms in total. The van der Waals surface area contributed by atoms with Crippen molar-refractivity contribution >= 4 is 0 Å². The zero-order valence-corrected chi connectivity index (χ0v) is 12.0. The number of aryl methyl sites for hydroxylation is 2. The van der Waals surface area contributed by atoms with Crippen molar-refractivity contribution in [2.24, 2.45) is 5.92 Å². The van der Waals surface area contributed by atoms with Gasteiger partial charge in [0.1, 0.15) is 0 Å².